The van der Waals surface area contributed by atoms with Gasteiger partial charge in [0.05, 0.1) is 19.6 Å². The van der Waals surface area contributed by atoms with Crippen molar-refractivity contribution in [2.24, 2.45) is 0 Å². The van der Waals surface area contributed by atoms with Crippen LogP contribution in [0.25, 0.3) is 0 Å². The Hall–Kier alpha value is -2.67. The second-order valence-electron chi connectivity index (χ2n) is 4.90. The third-order valence-corrected chi connectivity index (χ3v) is 3.16. The predicted octanol–water partition coefficient (Wildman–Crippen LogP) is 1.33. The third kappa shape index (κ3) is 5.55. The van der Waals surface area contributed by atoms with Crippen LogP contribution in [0.3, 0.4) is 0 Å². The molecule has 2 aromatic rings. The monoisotopic (exact) mass is 317 g/mol. The first kappa shape index (κ1) is 16.7. The molecule has 1 heterocycles. The number of methoxy groups -OCH3 is 1. The lowest BCUT2D eigenvalue weighted by atomic mass is 10.1. The van der Waals surface area contributed by atoms with E-state index in [4.69, 9.17) is 4.74 Å². The van der Waals surface area contributed by atoms with Crippen molar-refractivity contribution in [2.75, 3.05) is 32.1 Å². The summed E-state index contributed by atoms with van der Waals surface area (Å²) in [6, 6.07) is 10.9. The number of hydrogen-bond acceptors (Lipinski definition) is 5. The molecule has 0 aliphatic heterocycles. The molecule has 0 aliphatic rings. The molecule has 7 nitrogen and oxygen atoms in total. The zero-order chi connectivity index (χ0) is 16.5. The van der Waals surface area contributed by atoms with E-state index in [1.165, 1.54) is 17.2 Å². The van der Waals surface area contributed by atoms with Crippen molar-refractivity contribution < 1.29 is 18.8 Å². The lowest BCUT2D eigenvalue weighted by Gasteiger charge is -2.21. The lowest BCUT2D eigenvalue weighted by molar-refractivity contribution is -0.134. The minimum absolute atomic E-state index is 0.0676. The summed E-state index contributed by atoms with van der Waals surface area (Å²) in [5.41, 5.74) is 0.900. The summed E-state index contributed by atoms with van der Waals surface area (Å²) in [5, 5.41) is 6.17. The van der Waals surface area contributed by atoms with Crippen LogP contribution in [0.1, 0.15) is 5.56 Å². The van der Waals surface area contributed by atoms with Gasteiger partial charge in [0.25, 0.3) is 0 Å². The smallest absolute Gasteiger partial charge is 0.245 e. The van der Waals surface area contributed by atoms with Gasteiger partial charge in [0.1, 0.15) is 6.26 Å². The van der Waals surface area contributed by atoms with E-state index in [1.807, 2.05) is 30.3 Å². The SMILES string of the molecule is COCCN(CC(=O)Nc1ccon1)C(=O)Cc1ccccc1. The van der Waals surface area contributed by atoms with E-state index in [1.54, 1.807) is 7.11 Å². The van der Waals surface area contributed by atoms with Gasteiger partial charge in [-0.05, 0) is 5.56 Å². The second-order valence-corrected chi connectivity index (χ2v) is 4.90. The highest BCUT2D eigenvalue weighted by Crippen LogP contribution is 2.05. The van der Waals surface area contributed by atoms with Gasteiger partial charge in [0.2, 0.25) is 11.8 Å². The maximum atomic E-state index is 12.4. The fourth-order valence-corrected chi connectivity index (χ4v) is 2.01. The molecule has 0 atom stereocenters. The number of rotatable bonds is 8. The molecule has 0 saturated carbocycles. The van der Waals surface area contributed by atoms with Crippen molar-refractivity contribution in [3.05, 3.63) is 48.2 Å². The van der Waals surface area contributed by atoms with Crippen molar-refractivity contribution in [3.8, 4) is 0 Å². The summed E-state index contributed by atoms with van der Waals surface area (Å²) < 4.78 is 9.65. The van der Waals surface area contributed by atoms with Gasteiger partial charge in [-0.25, -0.2) is 0 Å². The van der Waals surface area contributed by atoms with Gasteiger partial charge in [-0.2, -0.15) is 0 Å². The van der Waals surface area contributed by atoms with Crippen LogP contribution in [0.5, 0.6) is 0 Å². The topological polar surface area (TPSA) is 84.7 Å². The van der Waals surface area contributed by atoms with Crippen LogP contribution in [0.2, 0.25) is 0 Å². The minimum Gasteiger partial charge on any atom is -0.383 e. The Kier molecular flexibility index (Phi) is 6.31. The normalized spacial score (nSPS) is 10.3. The molecule has 2 amide bonds. The van der Waals surface area contributed by atoms with Crippen molar-refractivity contribution >= 4 is 17.6 Å². The fourth-order valence-electron chi connectivity index (χ4n) is 2.01. The van der Waals surface area contributed by atoms with Crippen LogP contribution in [0, 0.1) is 0 Å². The zero-order valence-electron chi connectivity index (χ0n) is 12.9. The van der Waals surface area contributed by atoms with Crippen LogP contribution in [-0.2, 0) is 20.7 Å². The minimum atomic E-state index is -0.337. The van der Waals surface area contributed by atoms with Crippen LogP contribution in [0.4, 0.5) is 5.82 Å². The molecule has 0 saturated heterocycles. The first-order valence-corrected chi connectivity index (χ1v) is 7.20. The highest BCUT2D eigenvalue weighted by atomic mass is 16.5. The molecule has 23 heavy (non-hydrogen) atoms. The Labute approximate surface area is 134 Å². The molecule has 0 radical (unpaired) electrons. The van der Waals surface area contributed by atoms with Crippen LogP contribution in [0.15, 0.2) is 47.2 Å². The Morgan fingerprint density at radius 1 is 1.26 bits per heavy atom. The third-order valence-electron chi connectivity index (χ3n) is 3.16. The highest BCUT2D eigenvalue weighted by Gasteiger charge is 2.18. The molecular weight excluding hydrogens is 298 g/mol. The standard InChI is InChI=1S/C16H19N3O4/c1-22-10-8-19(12-15(20)17-14-7-9-23-18-14)16(21)11-13-5-3-2-4-6-13/h2-7,9H,8,10-12H2,1H3,(H,17,18,20). The molecule has 0 bridgehead atoms. The van der Waals surface area contributed by atoms with E-state index in [0.29, 0.717) is 19.0 Å². The number of amides is 2. The summed E-state index contributed by atoms with van der Waals surface area (Å²) in [6.07, 6.45) is 1.60. The second kappa shape index (κ2) is 8.70. The zero-order valence-corrected chi connectivity index (χ0v) is 12.9. The number of carbonyl (C=O) groups excluding carboxylic acids is 2. The van der Waals surface area contributed by atoms with Crippen molar-refractivity contribution in [1.82, 2.24) is 10.1 Å². The lowest BCUT2D eigenvalue weighted by Crippen LogP contribution is -2.40. The number of carbonyl (C=O) groups is 2. The average Bonchev–Trinajstić information content (AvgIpc) is 3.05. The molecule has 1 aromatic heterocycles. The average molecular weight is 317 g/mol. The molecule has 0 aliphatic carbocycles. The summed E-state index contributed by atoms with van der Waals surface area (Å²) in [4.78, 5) is 25.9. The van der Waals surface area contributed by atoms with Gasteiger partial charge in [0.15, 0.2) is 5.82 Å². The highest BCUT2D eigenvalue weighted by molar-refractivity contribution is 5.94. The summed E-state index contributed by atoms with van der Waals surface area (Å²) >= 11 is 0. The molecule has 122 valence electrons. The van der Waals surface area contributed by atoms with Gasteiger partial charge in [-0.1, -0.05) is 35.5 Å². The number of nitrogens with zero attached hydrogens (tertiary/aromatic N) is 2. The van der Waals surface area contributed by atoms with Gasteiger partial charge < -0.3 is 19.5 Å². The molecular formula is C16H19N3O4. The Balaban J connectivity index is 1.94. The van der Waals surface area contributed by atoms with Gasteiger partial charge in [-0.3, -0.25) is 9.59 Å². The summed E-state index contributed by atoms with van der Waals surface area (Å²) in [6.45, 7) is 0.633. The molecule has 0 unspecified atom stereocenters. The van der Waals surface area contributed by atoms with E-state index in [-0.39, 0.29) is 24.8 Å². The number of ether oxygens (including phenoxy) is 1. The van der Waals surface area contributed by atoms with Gasteiger partial charge in [0, 0.05) is 19.7 Å². The molecule has 2 rings (SSSR count). The Morgan fingerprint density at radius 2 is 2.04 bits per heavy atom. The van der Waals surface area contributed by atoms with E-state index >= 15 is 0 Å². The van der Waals surface area contributed by atoms with Crippen LogP contribution < -0.4 is 5.32 Å². The first-order chi connectivity index (χ1) is 11.2. The molecule has 0 spiro atoms. The number of hydrogen-bond donors (Lipinski definition) is 1. The van der Waals surface area contributed by atoms with Crippen LogP contribution >= 0.6 is 0 Å². The van der Waals surface area contributed by atoms with E-state index in [0.717, 1.165) is 5.56 Å². The number of nitrogens with one attached hydrogen (secondary N) is 1. The molecule has 0 fully saturated rings. The Bertz CT molecular complexity index is 614. The fraction of sp³-hybridized carbons (Fsp3) is 0.312. The van der Waals surface area contributed by atoms with E-state index in [2.05, 4.69) is 15.0 Å². The first-order valence-electron chi connectivity index (χ1n) is 7.20. The Morgan fingerprint density at radius 3 is 2.70 bits per heavy atom. The summed E-state index contributed by atoms with van der Waals surface area (Å²) in [7, 11) is 1.55. The predicted molar refractivity (Wildman–Crippen MR) is 83.7 cm³/mol. The largest absolute Gasteiger partial charge is 0.383 e. The van der Waals surface area contributed by atoms with Gasteiger partial charge in [-0.15, -0.1) is 0 Å². The summed E-state index contributed by atoms with van der Waals surface area (Å²) in [5.74, 6) is -0.155. The maximum absolute atomic E-state index is 12.4. The number of aromatic nitrogens is 1. The molecule has 7 heteroatoms. The maximum Gasteiger partial charge on any atom is 0.245 e. The van der Waals surface area contributed by atoms with Crippen LogP contribution in [-0.4, -0.2) is 48.7 Å². The molecule has 1 N–H and O–H groups in total. The quantitative estimate of drug-likeness (QED) is 0.794. The number of benzene rings is 1. The van der Waals surface area contributed by atoms with E-state index < -0.39 is 0 Å². The van der Waals surface area contributed by atoms with Crippen molar-refractivity contribution in [2.45, 2.75) is 6.42 Å². The van der Waals surface area contributed by atoms with E-state index in [9.17, 15) is 9.59 Å². The molecule has 1 aromatic carbocycles. The van der Waals surface area contributed by atoms with Gasteiger partial charge >= 0.3 is 0 Å². The van der Waals surface area contributed by atoms with Crippen molar-refractivity contribution in [1.29, 1.82) is 0 Å². The van der Waals surface area contributed by atoms with Crippen molar-refractivity contribution in [3.63, 3.8) is 0 Å². The number of anilines is 1.